The molecule has 34 heavy (non-hydrogen) atoms. The molecule has 176 valence electrons. The molecule has 0 spiro atoms. The molecule has 1 aliphatic carbocycles. The van der Waals surface area contributed by atoms with Gasteiger partial charge in [0.25, 0.3) is 5.91 Å². The average Bonchev–Trinajstić information content (AvgIpc) is 3.36. The van der Waals surface area contributed by atoms with E-state index in [2.05, 4.69) is 11.6 Å². The topological polar surface area (TPSA) is 106 Å². The number of carbonyl (C=O) groups excluding carboxylic acids is 3. The monoisotopic (exact) mass is 480 g/mol. The van der Waals surface area contributed by atoms with Gasteiger partial charge in [-0.1, -0.05) is 42.5 Å². The van der Waals surface area contributed by atoms with Crippen LogP contribution < -0.4 is 4.90 Å². The first-order valence-electron chi connectivity index (χ1n) is 11.2. The summed E-state index contributed by atoms with van der Waals surface area (Å²) in [6.07, 6.45) is 4.54. The highest BCUT2D eigenvalue weighted by Crippen LogP contribution is 2.49. The first-order chi connectivity index (χ1) is 16.4. The third-order valence-electron chi connectivity index (χ3n) is 6.48. The van der Waals surface area contributed by atoms with E-state index in [-0.39, 0.29) is 45.9 Å². The lowest BCUT2D eigenvalue weighted by Crippen LogP contribution is -2.39. The third-order valence-corrected chi connectivity index (χ3v) is 7.62. The van der Waals surface area contributed by atoms with Crippen molar-refractivity contribution in [1.29, 1.82) is 0 Å². The Balaban J connectivity index is 1.60. The van der Waals surface area contributed by atoms with E-state index in [1.54, 1.807) is 19.1 Å². The van der Waals surface area contributed by atoms with Gasteiger partial charge in [0.1, 0.15) is 23.3 Å². The number of phenolic OH excluding ortho intramolecular Hbond substituents is 1. The number of carbonyl (C=O) groups is 3. The number of aromatic nitrogens is 1. The number of aromatic hydroxyl groups is 1. The van der Waals surface area contributed by atoms with E-state index < -0.39 is 17.9 Å². The summed E-state index contributed by atoms with van der Waals surface area (Å²) in [4.78, 5) is 46.0. The van der Waals surface area contributed by atoms with Gasteiger partial charge in [0, 0.05) is 0 Å². The Hall–Kier alpha value is -3.46. The van der Waals surface area contributed by atoms with Crippen molar-refractivity contribution in [2.75, 3.05) is 11.5 Å². The molecule has 1 N–H and O–H groups in total. The van der Waals surface area contributed by atoms with E-state index in [0.717, 1.165) is 37.0 Å². The predicted octanol–water partition coefficient (Wildman–Crippen LogP) is 4.00. The summed E-state index contributed by atoms with van der Waals surface area (Å²) in [6.45, 7) is 5.28. The Morgan fingerprint density at radius 3 is 2.76 bits per heavy atom. The van der Waals surface area contributed by atoms with Crippen LogP contribution in [0.4, 0.5) is 5.13 Å². The van der Waals surface area contributed by atoms with Crippen LogP contribution >= 0.6 is 11.3 Å². The van der Waals surface area contributed by atoms with Gasteiger partial charge in [-0.2, -0.15) is 0 Å². The fraction of sp³-hybridized carbons (Fsp3) is 0.360. The van der Waals surface area contributed by atoms with Crippen LogP contribution in [-0.2, 0) is 19.1 Å². The normalized spacial score (nSPS) is 23.9. The highest BCUT2D eigenvalue weighted by atomic mass is 32.1. The quantitative estimate of drug-likeness (QED) is 0.509. The summed E-state index contributed by atoms with van der Waals surface area (Å²) in [5, 5.41) is 10.1. The van der Waals surface area contributed by atoms with Crippen molar-refractivity contribution in [3.05, 3.63) is 64.4 Å². The minimum absolute atomic E-state index is 0.0608. The van der Waals surface area contributed by atoms with Crippen molar-refractivity contribution in [1.82, 2.24) is 4.98 Å². The molecule has 0 radical (unpaired) electrons. The zero-order chi connectivity index (χ0) is 24.0. The predicted molar refractivity (Wildman–Crippen MR) is 125 cm³/mol. The maximum Gasteiger partial charge on any atom is 0.350 e. The molecule has 1 aromatic heterocycles. The molecule has 1 saturated carbocycles. The van der Waals surface area contributed by atoms with Gasteiger partial charge in [-0.3, -0.25) is 14.5 Å². The smallest absolute Gasteiger partial charge is 0.350 e. The van der Waals surface area contributed by atoms with Crippen LogP contribution in [0.2, 0.25) is 0 Å². The first kappa shape index (κ1) is 22.3. The van der Waals surface area contributed by atoms with Crippen molar-refractivity contribution in [3.63, 3.8) is 0 Å². The second kappa shape index (κ2) is 8.72. The molecule has 1 amide bonds. The number of nitrogens with zero attached hydrogens (tertiary/aromatic N) is 2. The molecule has 5 rings (SSSR count). The second-order valence-electron chi connectivity index (χ2n) is 8.62. The van der Waals surface area contributed by atoms with Gasteiger partial charge in [-0.25, -0.2) is 9.78 Å². The fourth-order valence-electron chi connectivity index (χ4n) is 4.89. The maximum absolute atomic E-state index is 13.7. The first-order valence-corrected chi connectivity index (χ1v) is 12.0. The molecular formula is C25H24N2O6S. The number of amides is 1. The average molecular weight is 481 g/mol. The summed E-state index contributed by atoms with van der Waals surface area (Å²) in [5.41, 5.74) is 1.39. The Bertz CT molecular complexity index is 1210. The number of esters is 1. The number of phenols is 1. The van der Waals surface area contributed by atoms with Gasteiger partial charge >= 0.3 is 5.97 Å². The summed E-state index contributed by atoms with van der Waals surface area (Å²) < 4.78 is 11.3. The Labute approximate surface area is 200 Å². The number of rotatable bonds is 5. The van der Waals surface area contributed by atoms with Gasteiger partial charge in [0.05, 0.1) is 23.2 Å². The Morgan fingerprint density at radius 2 is 2.03 bits per heavy atom. The van der Waals surface area contributed by atoms with Crippen LogP contribution in [-0.4, -0.2) is 40.5 Å². The number of hydrogen-bond acceptors (Lipinski definition) is 8. The molecule has 2 aromatic rings. The number of ketones is 1. The highest BCUT2D eigenvalue weighted by Gasteiger charge is 2.53. The number of fused-ring (bicyclic) bond motifs is 1. The fourth-order valence-corrected chi connectivity index (χ4v) is 5.88. The summed E-state index contributed by atoms with van der Waals surface area (Å²) in [6, 6.07) is 5.62. The van der Waals surface area contributed by atoms with Crippen LogP contribution in [0.3, 0.4) is 0 Å². The van der Waals surface area contributed by atoms with Gasteiger partial charge in [-0.05, 0) is 43.9 Å². The Kier molecular flexibility index (Phi) is 5.73. The van der Waals surface area contributed by atoms with E-state index in [1.807, 2.05) is 0 Å². The Morgan fingerprint density at radius 1 is 1.29 bits per heavy atom. The molecule has 3 aliphatic rings. The van der Waals surface area contributed by atoms with Gasteiger partial charge in [0.2, 0.25) is 0 Å². The SMILES string of the molecule is C=CCOC(=O)c1sc(N2C(=O)C3=C(C(=O)C4CCCCC4O3)C2c2ccc(O)cc2)nc1C. The number of anilines is 1. The number of aryl methyl sites for hydroxylation is 1. The van der Waals surface area contributed by atoms with E-state index in [9.17, 15) is 19.5 Å². The molecule has 1 fully saturated rings. The largest absolute Gasteiger partial charge is 0.508 e. The summed E-state index contributed by atoms with van der Waals surface area (Å²) in [7, 11) is 0. The number of benzene rings is 1. The number of hydrogen-bond donors (Lipinski definition) is 1. The van der Waals surface area contributed by atoms with E-state index in [1.165, 1.54) is 23.1 Å². The van der Waals surface area contributed by atoms with Crippen LogP contribution in [0, 0.1) is 12.8 Å². The summed E-state index contributed by atoms with van der Waals surface area (Å²) >= 11 is 1.03. The van der Waals surface area contributed by atoms with Crippen molar-refractivity contribution < 1.29 is 29.0 Å². The van der Waals surface area contributed by atoms with Gasteiger partial charge in [0.15, 0.2) is 16.7 Å². The van der Waals surface area contributed by atoms with Crippen LogP contribution in [0.25, 0.3) is 0 Å². The maximum atomic E-state index is 13.7. The molecule has 1 aromatic carbocycles. The lowest BCUT2D eigenvalue weighted by molar-refractivity contribution is -0.131. The second-order valence-corrected chi connectivity index (χ2v) is 9.60. The lowest BCUT2D eigenvalue weighted by atomic mass is 9.77. The lowest BCUT2D eigenvalue weighted by Gasteiger charge is -2.35. The standard InChI is InChI=1S/C25H24N2O6S/c1-3-12-32-24(31)22-13(2)26-25(34-22)27-19(14-8-10-15(28)11-9-14)18-20(29)16-6-4-5-7-17(16)33-21(18)23(27)30/h3,8-11,16-17,19,28H,1,4-7,12H2,2H3. The van der Waals surface area contributed by atoms with Crippen LogP contribution in [0.5, 0.6) is 5.75 Å². The number of Topliss-reactive ketones (excluding diaryl/α,β-unsaturated/α-hetero) is 1. The molecule has 0 saturated heterocycles. The molecule has 3 unspecified atom stereocenters. The van der Waals surface area contributed by atoms with Crippen molar-refractivity contribution in [2.24, 2.45) is 5.92 Å². The van der Waals surface area contributed by atoms with Crippen molar-refractivity contribution >= 4 is 34.1 Å². The molecule has 8 nitrogen and oxygen atoms in total. The van der Waals surface area contributed by atoms with E-state index in [0.29, 0.717) is 16.8 Å². The number of ether oxygens (including phenoxy) is 2. The third kappa shape index (κ3) is 3.60. The van der Waals surface area contributed by atoms with Gasteiger partial charge in [-0.15, -0.1) is 0 Å². The zero-order valence-electron chi connectivity index (χ0n) is 18.7. The summed E-state index contributed by atoms with van der Waals surface area (Å²) in [5.74, 6) is -1.21. The number of thiazole rings is 1. The van der Waals surface area contributed by atoms with E-state index >= 15 is 0 Å². The zero-order valence-corrected chi connectivity index (χ0v) is 19.5. The molecule has 0 bridgehead atoms. The molecule has 3 atom stereocenters. The molecule has 3 heterocycles. The van der Waals surface area contributed by atoms with Crippen molar-refractivity contribution in [2.45, 2.75) is 44.8 Å². The van der Waals surface area contributed by atoms with Crippen LogP contribution in [0.1, 0.15) is 52.7 Å². The minimum atomic E-state index is -0.763. The highest BCUT2D eigenvalue weighted by molar-refractivity contribution is 7.17. The molecule has 2 aliphatic heterocycles. The molecular weight excluding hydrogens is 456 g/mol. The van der Waals surface area contributed by atoms with Crippen LogP contribution in [0.15, 0.2) is 48.3 Å². The van der Waals surface area contributed by atoms with Crippen molar-refractivity contribution in [3.8, 4) is 5.75 Å². The van der Waals surface area contributed by atoms with E-state index in [4.69, 9.17) is 9.47 Å². The minimum Gasteiger partial charge on any atom is -0.508 e. The van der Waals surface area contributed by atoms with Gasteiger partial charge < -0.3 is 14.6 Å². The molecule has 9 heteroatoms.